The Labute approximate surface area is 103 Å². The van der Waals surface area contributed by atoms with Gasteiger partial charge in [0.2, 0.25) is 5.89 Å². The number of nitrogens with zero attached hydrogens (tertiary/aromatic N) is 2. The van der Waals surface area contributed by atoms with Crippen molar-refractivity contribution in [3.63, 3.8) is 0 Å². The van der Waals surface area contributed by atoms with E-state index in [1.165, 1.54) is 7.11 Å². The molecule has 0 radical (unpaired) electrons. The van der Waals surface area contributed by atoms with Gasteiger partial charge in [0.05, 0.1) is 13.2 Å². The first-order valence-corrected chi connectivity index (χ1v) is 5.08. The molecule has 1 aromatic rings. The van der Waals surface area contributed by atoms with E-state index < -0.39 is 18.0 Å². The van der Waals surface area contributed by atoms with Crippen LogP contribution in [0.4, 0.5) is 4.79 Å². The first-order chi connectivity index (χ1) is 8.52. The quantitative estimate of drug-likeness (QED) is 0.614. The van der Waals surface area contributed by atoms with Crippen LogP contribution in [0.3, 0.4) is 0 Å². The number of carbonyl (C=O) groups excluding carboxylic acids is 1. The normalized spacial score (nSPS) is 11.9. The van der Waals surface area contributed by atoms with Crippen LogP contribution < -0.4 is 10.6 Å². The predicted octanol–water partition coefficient (Wildman–Crippen LogP) is -0.723. The highest BCUT2D eigenvalue weighted by Crippen LogP contribution is 1.94. The number of carboxylic acids is 1. The second-order valence-corrected chi connectivity index (χ2v) is 3.40. The first-order valence-electron chi connectivity index (χ1n) is 5.08. The van der Waals surface area contributed by atoms with Gasteiger partial charge in [0.1, 0.15) is 0 Å². The van der Waals surface area contributed by atoms with Gasteiger partial charge in [-0.05, 0) is 0 Å². The fraction of sp³-hybridized carbons (Fsp3) is 0.556. The largest absolute Gasteiger partial charge is 0.480 e. The highest BCUT2D eigenvalue weighted by Gasteiger charge is 2.19. The lowest BCUT2D eigenvalue weighted by Gasteiger charge is -2.13. The molecule has 9 nitrogen and oxygen atoms in total. The summed E-state index contributed by atoms with van der Waals surface area (Å²) in [6.45, 7) is 1.54. The lowest BCUT2D eigenvalue weighted by molar-refractivity contribution is -0.140. The predicted molar refractivity (Wildman–Crippen MR) is 57.7 cm³/mol. The Kier molecular flexibility index (Phi) is 5.06. The van der Waals surface area contributed by atoms with Gasteiger partial charge >= 0.3 is 12.0 Å². The Morgan fingerprint density at radius 3 is 2.78 bits per heavy atom. The molecule has 0 bridgehead atoms. The lowest BCUT2D eigenvalue weighted by atomic mass is 10.3. The zero-order valence-corrected chi connectivity index (χ0v) is 9.97. The van der Waals surface area contributed by atoms with Crippen LogP contribution in [0.2, 0.25) is 0 Å². The molecule has 1 unspecified atom stereocenters. The molecule has 0 saturated heterocycles. The average molecular weight is 258 g/mol. The van der Waals surface area contributed by atoms with Gasteiger partial charge < -0.3 is 25.0 Å². The number of aromatic nitrogens is 2. The maximum Gasteiger partial charge on any atom is 0.328 e. The van der Waals surface area contributed by atoms with Gasteiger partial charge in [0.25, 0.3) is 0 Å². The molecule has 0 aliphatic heterocycles. The molecule has 0 aromatic carbocycles. The van der Waals surface area contributed by atoms with E-state index in [0.717, 1.165) is 0 Å². The molecule has 3 N–H and O–H groups in total. The molecule has 0 aliphatic carbocycles. The molecule has 0 aliphatic rings. The summed E-state index contributed by atoms with van der Waals surface area (Å²) in [5.41, 5.74) is 0. The van der Waals surface area contributed by atoms with Crippen molar-refractivity contribution in [2.24, 2.45) is 0 Å². The van der Waals surface area contributed by atoms with Crippen molar-refractivity contribution in [1.82, 2.24) is 20.8 Å². The van der Waals surface area contributed by atoms with Crippen molar-refractivity contribution < 1.29 is 24.0 Å². The number of hydrogen-bond acceptors (Lipinski definition) is 6. The molecular formula is C9H14N4O5. The smallest absolute Gasteiger partial charge is 0.328 e. The maximum absolute atomic E-state index is 11.4. The highest BCUT2D eigenvalue weighted by molar-refractivity contribution is 5.82. The third-order valence-electron chi connectivity index (χ3n) is 1.91. The summed E-state index contributed by atoms with van der Waals surface area (Å²) in [4.78, 5) is 26.0. The van der Waals surface area contributed by atoms with E-state index in [2.05, 4.69) is 25.5 Å². The SMILES string of the molecule is COCC(NC(=O)NCc1noc(C)n1)C(=O)O. The molecule has 100 valence electrons. The van der Waals surface area contributed by atoms with Gasteiger partial charge in [-0.1, -0.05) is 5.16 Å². The highest BCUT2D eigenvalue weighted by atomic mass is 16.5. The molecule has 9 heteroatoms. The molecular weight excluding hydrogens is 244 g/mol. The van der Waals surface area contributed by atoms with Crippen molar-refractivity contribution >= 4 is 12.0 Å². The topological polar surface area (TPSA) is 127 Å². The molecule has 1 atom stereocenters. The summed E-state index contributed by atoms with van der Waals surface area (Å²) in [7, 11) is 1.34. The average Bonchev–Trinajstić information content (AvgIpc) is 2.72. The van der Waals surface area contributed by atoms with E-state index in [1.54, 1.807) is 6.92 Å². The van der Waals surface area contributed by atoms with Gasteiger partial charge in [-0.3, -0.25) is 0 Å². The van der Waals surface area contributed by atoms with Crippen LogP contribution in [-0.2, 0) is 16.1 Å². The van der Waals surface area contributed by atoms with E-state index in [4.69, 9.17) is 9.63 Å². The molecule has 0 spiro atoms. The Balaban J connectivity index is 2.38. The van der Waals surface area contributed by atoms with E-state index in [0.29, 0.717) is 11.7 Å². The Morgan fingerprint density at radius 2 is 2.28 bits per heavy atom. The van der Waals surface area contributed by atoms with Crippen molar-refractivity contribution in [3.05, 3.63) is 11.7 Å². The van der Waals surface area contributed by atoms with Gasteiger partial charge in [-0.2, -0.15) is 4.98 Å². The number of amides is 2. The number of rotatable bonds is 6. The fourth-order valence-corrected chi connectivity index (χ4v) is 1.12. The monoisotopic (exact) mass is 258 g/mol. The van der Waals surface area contributed by atoms with Crippen LogP contribution >= 0.6 is 0 Å². The number of nitrogens with one attached hydrogen (secondary N) is 2. The zero-order chi connectivity index (χ0) is 13.5. The minimum atomic E-state index is -1.18. The number of hydrogen-bond donors (Lipinski definition) is 3. The van der Waals surface area contributed by atoms with Crippen LogP contribution in [0.15, 0.2) is 4.52 Å². The van der Waals surface area contributed by atoms with Crippen LogP contribution in [-0.4, -0.2) is 47.0 Å². The summed E-state index contributed by atoms with van der Waals surface area (Å²) in [6, 6.07) is -1.76. The zero-order valence-electron chi connectivity index (χ0n) is 9.97. The molecule has 1 rings (SSSR count). The first kappa shape index (κ1) is 13.9. The number of aliphatic carboxylic acids is 1. The van der Waals surface area contributed by atoms with Gasteiger partial charge in [-0.25, -0.2) is 9.59 Å². The van der Waals surface area contributed by atoms with E-state index >= 15 is 0 Å². The minimum absolute atomic E-state index is 0.0441. The Bertz CT molecular complexity index is 419. The molecule has 18 heavy (non-hydrogen) atoms. The van der Waals surface area contributed by atoms with Crippen LogP contribution in [0.25, 0.3) is 0 Å². The maximum atomic E-state index is 11.4. The van der Waals surface area contributed by atoms with Crippen LogP contribution in [0.1, 0.15) is 11.7 Å². The summed E-state index contributed by atoms with van der Waals surface area (Å²) in [5, 5.41) is 17.0. The van der Waals surface area contributed by atoms with Crippen LogP contribution in [0.5, 0.6) is 0 Å². The number of carbonyl (C=O) groups is 2. The van der Waals surface area contributed by atoms with Crippen molar-refractivity contribution in [3.8, 4) is 0 Å². The van der Waals surface area contributed by atoms with Gasteiger partial charge in [-0.15, -0.1) is 0 Å². The summed E-state index contributed by atoms with van der Waals surface area (Å²) >= 11 is 0. The van der Waals surface area contributed by atoms with Gasteiger partial charge in [0, 0.05) is 14.0 Å². The molecule has 0 saturated carbocycles. The number of carboxylic acid groups (broad SMARTS) is 1. The second-order valence-electron chi connectivity index (χ2n) is 3.40. The number of methoxy groups -OCH3 is 1. The van der Waals surface area contributed by atoms with Gasteiger partial charge in [0.15, 0.2) is 11.9 Å². The number of urea groups is 1. The van der Waals surface area contributed by atoms with Crippen molar-refractivity contribution in [2.75, 3.05) is 13.7 Å². The molecule has 1 aromatic heterocycles. The third kappa shape index (κ3) is 4.37. The van der Waals surface area contributed by atoms with E-state index in [1.807, 2.05) is 0 Å². The van der Waals surface area contributed by atoms with Crippen molar-refractivity contribution in [1.29, 1.82) is 0 Å². The standard InChI is InChI=1S/C9H14N4O5/c1-5-11-7(13-18-5)3-10-9(16)12-6(4-17-2)8(14)15/h6H,3-4H2,1-2H3,(H,14,15)(H2,10,12,16). The van der Waals surface area contributed by atoms with E-state index in [9.17, 15) is 9.59 Å². The molecule has 2 amide bonds. The minimum Gasteiger partial charge on any atom is -0.480 e. The molecule has 0 fully saturated rings. The number of ether oxygens (including phenoxy) is 1. The summed E-state index contributed by atoms with van der Waals surface area (Å²) in [5.74, 6) is -0.487. The molecule has 1 heterocycles. The third-order valence-corrected chi connectivity index (χ3v) is 1.91. The fourth-order valence-electron chi connectivity index (χ4n) is 1.12. The summed E-state index contributed by atoms with van der Waals surface area (Å²) in [6.07, 6.45) is 0. The Hall–Kier alpha value is -2.16. The second kappa shape index (κ2) is 6.55. The van der Waals surface area contributed by atoms with E-state index in [-0.39, 0.29) is 13.2 Å². The van der Waals surface area contributed by atoms with Crippen molar-refractivity contribution in [2.45, 2.75) is 19.5 Å². The number of aryl methyl sites for hydroxylation is 1. The summed E-state index contributed by atoms with van der Waals surface area (Å²) < 4.78 is 9.38. The lowest BCUT2D eigenvalue weighted by Crippen LogP contribution is -2.48. The Morgan fingerprint density at radius 1 is 1.56 bits per heavy atom. The van der Waals surface area contributed by atoms with Crippen LogP contribution in [0, 0.1) is 6.92 Å².